The molecule has 1 amide bonds. The fraction of sp³-hybridized carbons (Fsp3) is 0.421. The maximum Gasteiger partial charge on any atom is 0.267 e. The lowest BCUT2D eigenvalue weighted by molar-refractivity contribution is -0.117. The largest absolute Gasteiger partial charge is 0.494 e. The molecule has 0 unspecified atom stereocenters. The molecule has 25 heavy (non-hydrogen) atoms. The van der Waals surface area contributed by atoms with Crippen LogP contribution in [-0.2, 0) is 24.2 Å². The third kappa shape index (κ3) is 4.26. The summed E-state index contributed by atoms with van der Waals surface area (Å²) in [6, 6.07) is 8.76. The van der Waals surface area contributed by atoms with Crippen LogP contribution in [0.25, 0.3) is 0 Å². The molecule has 3 rings (SSSR count). The lowest BCUT2D eigenvalue weighted by atomic mass is 9.88. The van der Waals surface area contributed by atoms with Crippen molar-refractivity contribution < 1.29 is 9.53 Å². The number of amides is 1. The van der Waals surface area contributed by atoms with E-state index in [1.54, 1.807) is 30.3 Å². The van der Waals surface area contributed by atoms with Gasteiger partial charge in [0.15, 0.2) is 0 Å². The van der Waals surface area contributed by atoms with Crippen molar-refractivity contribution in [1.82, 2.24) is 9.78 Å². The summed E-state index contributed by atoms with van der Waals surface area (Å²) in [7, 11) is 0. The number of hydrogen-bond donors (Lipinski definition) is 1. The molecule has 0 aliphatic heterocycles. The Balaban J connectivity index is 1.67. The topological polar surface area (TPSA) is 73.2 Å². The number of benzene rings is 1. The van der Waals surface area contributed by atoms with Crippen LogP contribution in [0.4, 0.5) is 5.69 Å². The molecular weight excluding hydrogens is 318 g/mol. The molecule has 1 atom stereocenters. The molecule has 0 saturated carbocycles. The van der Waals surface area contributed by atoms with Gasteiger partial charge in [0.25, 0.3) is 5.56 Å². The first kappa shape index (κ1) is 17.2. The normalized spacial score (nSPS) is 16.2. The van der Waals surface area contributed by atoms with E-state index in [1.165, 1.54) is 4.68 Å². The Morgan fingerprint density at radius 1 is 1.36 bits per heavy atom. The number of aromatic nitrogens is 2. The van der Waals surface area contributed by atoms with Crippen molar-refractivity contribution in [3.05, 3.63) is 51.9 Å². The lowest BCUT2D eigenvalue weighted by Crippen LogP contribution is -2.32. The number of anilines is 1. The maximum atomic E-state index is 12.2. The summed E-state index contributed by atoms with van der Waals surface area (Å²) in [4.78, 5) is 24.4. The van der Waals surface area contributed by atoms with Crippen LogP contribution < -0.4 is 15.6 Å². The monoisotopic (exact) mass is 341 g/mol. The van der Waals surface area contributed by atoms with Crippen molar-refractivity contribution in [2.45, 2.75) is 39.7 Å². The molecule has 0 bridgehead atoms. The Bertz CT molecular complexity index is 812. The average Bonchev–Trinajstić information content (AvgIpc) is 2.58. The molecule has 2 aromatic rings. The summed E-state index contributed by atoms with van der Waals surface area (Å²) in [6.07, 6.45) is 2.81. The van der Waals surface area contributed by atoms with Crippen LogP contribution in [0.2, 0.25) is 0 Å². The number of rotatable bonds is 5. The molecule has 0 fully saturated rings. The summed E-state index contributed by atoms with van der Waals surface area (Å²) in [5.41, 5.74) is 2.39. The van der Waals surface area contributed by atoms with Gasteiger partial charge in [-0.25, -0.2) is 4.68 Å². The minimum atomic E-state index is -0.275. The molecule has 6 heteroatoms. The number of hydrogen-bond acceptors (Lipinski definition) is 4. The Morgan fingerprint density at radius 3 is 2.84 bits per heavy atom. The van der Waals surface area contributed by atoms with Crippen molar-refractivity contribution in [2.75, 3.05) is 11.9 Å². The molecule has 1 aliphatic carbocycles. The third-order valence-electron chi connectivity index (χ3n) is 4.35. The zero-order valence-corrected chi connectivity index (χ0v) is 14.6. The minimum absolute atomic E-state index is 0.0884. The van der Waals surface area contributed by atoms with Crippen molar-refractivity contribution in [2.24, 2.45) is 5.92 Å². The lowest BCUT2D eigenvalue weighted by Gasteiger charge is -2.20. The van der Waals surface area contributed by atoms with Gasteiger partial charge < -0.3 is 10.1 Å². The Kier molecular flexibility index (Phi) is 5.16. The van der Waals surface area contributed by atoms with Crippen LogP contribution >= 0.6 is 0 Å². The number of ether oxygens (including phenoxy) is 1. The van der Waals surface area contributed by atoms with E-state index in [0.717, 1.165) is 36.3 Å². The number of fused-ring (bicyclic) bond motifs is 1. The number of nitrogens with one attached hydrogen (secondary N) is 1. The molecule has 1 heterocycles. The maximum absolute atomic E-state index is 12.2. The molecular formula is C19H23N3O3. The third-order valence-corrected chi connectivity index (χ3v) is 4.35. The molecule has 0 saturated heterocycles. The first-order valence-electron chi connectivity index (χ1n) is 8.67. The van der Waals surface area contributed by atoms with Gasteiger partial charge in [-0.15, -0.1) is 0 Å². The fourth-order valence-corrected chi connectivity index (χ4v) is 3.06. The van der Waals surface area contributed by atoms with E-state index in [4.69, 9.17) is 4.74 Å². The van der Waals surface area contributed by atoms with E-state index in [-0.39, 0.29) is 18.0 Å². The van der Waals surface area contributed by atoms with E-state index < -0.39 is 0 Å². The average molecular weight is 341 g/mol. The summed E-state index contributed by atoms with van der Waals surface area (Å²) in [5.74, 6) is 1.05. The van der Waals surface area contributed by atoms with Crippen molar-refractivity contribution >= 4 is 11.6 Å². The van der Waals surface area contributed by atoms with Gasteiger partial charge >= 0.3 is 0 Å². The second-order valence-corrected chi connectivity index (χ2v) is 6.47. The summed E-state index contributed by atoms with van der Waals surface area (Å²) in [6.45, 7) is 4.60. The van der Waals surface area contributed by atoms with Crippen LogP contribution in [0.1, 0.15) is 31.5 Å². The van der Waals surface area contributed by atoms with Crippen molar-refractivity contribution in [1.29, 1.82) is 0 Å². The zero-order valence-electron chi connectivity index (χ0n) is 14.6. The second kappa shape index (κ2) is 7.51. The van der Waals surface area contributed by atoms with Gasteiger partial charge in [-0.2, -0.15) is 5.10 Å². The van der Waals surface area contributed by atoms with Gasteiger partial charge in [0.05, 0.1) is 12.3 Å². The second-order valence-electron chi connectivity index (χ2n) is 6.47. The number of carbonyl (C=O) groups is 1. The van der Waals surface area contributed by atoms with Crippen LogP contribution in [0.3, 0.4) is 0 Å². The SMILES string of the molecule is CCOc1ccc(NC(=O)Cn2nc3c(cc2=O)C[C@@H](C)CC3)cc1. The summed E-state index contributed by atoms with van der Waals surface area (Å²) >= 11 is 0. The van der Waals surface area contributed by atoms with Gasteiger partial charge in [0, 0.05) is 11.8 Å². The molecule has 0 spiro atoms. The number of nitrogens with zero attached hydrogens (tertiary/aromatic N) is 2. The van der Waals surface area contributed by atoms with Crippen molar-refractivity contribution in [3.8, 4) is 5.75 Å². The van der Waals surface area contributed by atoms with Gasteiger partial charge in [-0.05, 0) is 61.9 Å². The smallest absolute Gasteiger partial charge is 0.267 e. The first-order valence-corrected chi connectivity index (χ1v) is 8.67. The Labute approximate surface area is 146 Å². The van der Waals surface area contributed by atoms with Gasteiger partial charge in [-0.1, -0.05) is 6.92 Å². The van der Waals surface area contributed by atoms with Gasteiger partial charge in [0.1, 0.15) is 12.3 Å². The summed E-state index contributed by atoms with van der Waals surface area (Å²) in [5, 5.41) is 7.17. The highest BCUT2D eigenvalue weighted by Crippen LogP contribution is 2.22. The zero-order chi connectivity index (χ0) is 17.8. The molecule has 1 N–H and O–H groups in total. The molecule has 132 valence electrons. The van der Waals surface area contributed by atoms with E-state index in [2.05, 4.69) is 17.3 Å². The van der Waals surface area contributed by atoms with Crippen LogP contribution in [-0.4, -0.2) is 22.3 Å². The molecule has 6 nitrogen and oxygen atoms in total. The summed E-state index contributed by atoms with van der Waals surface area (Å²) < 4.78 is 6.62. The number of aryl methyl sites for hydroxylation is 1. The molecule has 1 aromatic carbocycles. The Morgan fingerprint density at radius 2 is 2.12 bits per heavy atom. The highest BCUT2D eigenvalue weighted by atomic mass is 16.5. The molecule has 1 aromatic heterocycles. The van der Waals surface area contributed by atoms with Crippen LogP contribution in [0, 0.1) is 5.92 Å². The number of carbonyl (C=O) groups excluding carboxylic acids is 1. The van der Waals surface area contributed by atoms with Crippen LogP contribution in [0.15, 0.2) is 35.1 Å². The van der Waals surface area contributed by atoms with E-state index in [1.807, 2.05) is 6.92 Å². The van der Waals surface area contributed by atoms with E-state index in [9.17, 15) is 9.59 Å². The predicted molar refractivity (Wildman–Crippen MR) is 95.9 cm³/mol. The standard InChI is InChI=1S/C19H23N3O3/c1-3-25-16-7-5-15(6-8-16)20-18(23)12-22-19(24)11-14-10-13(2)4-9-17(14)21-22/h5-8,11,13H,3-4,9-10,12H2,1-2H3,(H,20,23)/t13-/m0/s1. The van der Waals surface area contributed by atoms with E-state index in [0.29, 0.717) is 18.2 Å². The highest BCUT2D eigenvalue weighted by molar-refractivity contribution is 5.90. The van der Waals surface area contributed by atoms with E-state index >= 15 is 0 Å². The Hall–Kier alpha value is -2.63. The van der Waals surface area contributed by atoms with Gasteiger partial charge in [-0.3, -0.25) is 9.59 Å². The molecule has 0 radical (unpaired) electrons. The first-order chi connectivity index (χ1) is 12.0. The predicted octanol–water partition coefficient (Wildman–Crippen LogP) is 2.41. The highest BCUT2D eigenvalue weighted by Gasteiger charge is 2.18. The minimum Gasteiger partial charge on any atom is -0.494 e. The fourth-order valence-electron chi connectivity index (χ4n) is 3.06. The van der Waals surface area contributed by atoms with Crippen LogP contribution in [0.5, 0.6) is 5.75 Å². The van der Waals surface area contributed by atoms with Crippen molar-refractivity contribution in [3.63, 3.8) is 0 Å². The quantitative estimate of drug-likeness (QED) is 0.906. The van der Waals surface area contributed by atoms with Gasteiger partial charge in [0.2, 0.25) is 5.91 Å². The molecule has 1 aliphatic rings.